The highest BCUT2D eigenvalue weighted by Gasteiger charge is 2.02. The minimum absolute atomic E-state index is 0.754. The van der Waals surface area contributed by atoms with Crippen LogP contribution in [0.2, 0.25) is 0 Å². The Morgan fingerprint density at radius 3 is 2.35 bits per heavy atom. The standard InChI is InChI=1S/C18H15NO/c1-14-7-9-16(10-8-14)19-13-17-11-12-18(20-17)15-5-3-2-4-6-15/h2-13H,1H3. The molecule has 0 saturated heterocycles. The molecule has 98 valence electrons. The Hall–Kier alpha value is -2.61. The van der Waals surface area contributed by atoms with E-state index in [-0.39, 0.29) is 0 Å². The summed E-state index contributed by atoms with van der Waals surface area (Å²) in [7, 11) is 0. The van der Waals surface area contributed by atoms with Crippen LogP contribution in [0.4, 0.5) is 5.69 Å². The van der Waals surface area contributed by atoms with Crippen molar-refractivity contribution in [3.8, 4) is 11.3 Å². The summed E-state index contributed by atoms with van der Waals surface area (Å²) < 4.78 is 5.77. The van der Waals surface area contributed by atoms with Crippen molar-refractivity contribution in [2.24, 2.45) is 4.99 Å². The fourth-order valence-electron chi connectivity index (χ4n) is 1.95. The van der Waals surface area contributed by atoms with Gasteiger partial charge in [-0.3, -0.25) is 4.99 Å². The molecule has 0 saturated carbocycles. The summed E-state index contributed by atoms with van der Waals surface area (Å²) in [4.78, 5) is 4.41. The predicted molar refractivity (Wildman–Crippen MR) is 82.6 cm³/mol. The van der Waals surface area contributed by atoms with Crippen LogP contribution in [0.3, 0.4) is 0 Å². The zero-order valence-corrected chi connectivity index (χ0v) is 11.3. The van der Waals surface area contributed by atoms with Crippen LogP contribution in [0.5, 0.6) is 0 Å². The van der Waals surface area contributed by atoms with Crippen molar-refractivity contribution >= 4 is 11.9 Å². The third-order valence-electron chi connectivity index (χ3n) is 3.06. The van der Waals surface area contributed by atoms with E-state index in [0.717, 1.165) is 22.8 Å². The van der Waals surface area contributed by atoms with Crippen LogP contribution in [0.15, 0.2) is 76.1 Å². The molecule has 3 aromatic rings. The zero-order chi connectivity index (χ0) is 13.8. The molecule has 0 spiro atoms. The van der Waals surface area contributed by atoms with Gasteiger partial charge < -0.3 is 4.42 Å². The first kappa shape index (κ1) is 12.4. The second kappa shape index (κ2) is 5.57. The molecule has 0 unspecified atom stereocenters. The van der Waals surface area contributed by atoms with Crippen molar-refractivity contribution in [2.75, 3.05) is 0 Å². The topological polar surface area (TPSA) is 25.5 Å². The number of aliphatic imine (C=N–C) groups is 1. The predicted octanol–water partition coefficient (Wildman–Crippen LogP) is 5.01. The average Bonchev–Trinajstić information content (AvgIpc) is 2.97. The molecule has 1 heterocycles. The Bertz CT molecular complexity index is 709. The highest BCUT2D eigenvalue weighted by molar-refractivity contribution is 5.79. The SMILES string of the molecule is Cc1ccc(N=Cc2ccc(-c3ccccc3)o2)cc1. The third kappa shape index (κ3) is 2.86. The molecule has 0 aliphatic rings. The van der Waals surface area contributed by atoms with E-state index in [2.05, 4.69) is 11.9 Å². The van der Waals surface area contributed by atoms with Gasteiger partial charge in [0, 0.05) is 5.56 Å². The van der Waals surface area contributed by atoms with E-state index in [4.69, 9.17) is 4.42 Å². The molecule has 2 nitrogen and oxygen atoms in total. The van der Waals surface area contributed by atoms with Gasteiger partial charge in [-0.05, 0) is 31.2 Å². The summed E-state index contributed by atoms with van der Waals surface area (Å²) in [6.45, 7) is 2.06. The quantitative estimate of drug-likeness (QED) is 0.609. The van der Waals surface area contributed by atoms with E-state index in [9.17, 15) is 0 Å². The molecule has 1 aromatic heterocycles. The van der Waals surface area contributed by atoms with Crippen LogP contribution in [0.25, 0.3) is 11.3 Å². The second-order valence-corrected chi connectivity index (χ2v) is 4.66. The van der Waals surface area contributed by atoms with Gasteiger partial charge in [0.25, 0.3) is 0 Å². The van der Waals surface area contributed by atoms with Crippen LogP contribution in [-0.2, 0) is 0 Å². The van der Waals surface area contributed by atoms with E-state index in [1.165, 1.54) is 5.56 Å². The maximum absolute atomic E-state index is 5.77. The molecule has 0 bridgehead atoms. The van der Waals surface area contributed by atoms with E-state index in [1.807, 2.05) is 66.7 Å². The summed E-state index contributed by atoms with van der Waals surface area (Å²) in [6.07, 6.45) is 1.75. The second-order valence-electron chi connectivity index (χ2n) is 4.66. The number of furan rings is 1. The van der Waals surface area contributed by atoms with Gasteiger partial charge in [0.2, 0.25) is 0 Å². The number of hydrogen-bond donors (Lipinski definition) is 0. The first-order valence-corrected chi connectivity index (χ1v) is 6.57. The summed E-state index contributed by atoms with van der Waals surface area (Å²) in [5, 5.41) is 0. The zero-order valence-electron chi connectivity index (χ0n) is 11.3. The minimum atomic E-state index is 0.754. The number of hydrogen-bond acceptors (Lipinski definition) is 2. The van der Waals surface area contributed by atoms with Gasteiger partial charge in [-0.2, -0.15) is 0 Å². The molecule has 0 N–H and O–H groups in total. The summed E-state index contributed by atoms with van der Waals surface area (Å²) >= 11 is 0. The summed E-state index contributed by atoms with van der Waals surface area (Å²) in [5.41, 5.74) is 3.23. The minimum Gasteiger partial charge on any atom is -0.455 e. The van der Waals surface area contributed by atoms with Crippen molar-refractivity contribution < 1.29 is 4.42 Å². The first-order valence-electron chi connectivity index (χ1n) is 6.57. The van der Waals surface area contributed by atoms with E-state index >= 15 is 0 Å². The van der Waals surface area contributed by atoms with Crippen LogP contribution >= 0.6 is 0 Å². The lowest BCUT2D eigenvalue weighted by Crippen LogP contribution is -1.75. The van der Waals surface area contributed by atoms with Gasteiger partial charge in [-0.25, -0.2) is 0 Å². The van der Waals surface area contributed by atoms with E-state index in [0.29, 0.717) is 0 Å². The molecule has 0 aliphatic heterocycles. The third-order valence-corrected chi connectivity index (χ3v) is 3.06. The maximum Gasteiger partial charge on any atom is 0.145 e. The number of nitrogens with zero attached hydrogens (tertiary/aromatic N) is 1. The molecule has 2 aromatic carbocycles. The lowest BCUT2D eigenvalue weighted by atomic mass is 10.2. The fraction of sp³-hybridized carbons (Fsp3) is 0.0556. The van der Waals surface area contributed by atoms with Crippen LogP contribution in [-0.4, -0.2) is 6.21 Å². The van der Waals surface area contributed by atoms with Crippen molar-refractivity contribution in [2.45, 2.75) is 6.92 Å². The molecule has 0 fully saturated rings. The molecule has 2 heteroatoms. The molecule has 0 aliphatic carbocycles. The van der Waals surface area contributed by atoms with Gasteiger partial charge >= 0.3 is 0 Å². The van der Waals surface area contributed by atoms with Crippen molar-refractivity contribution in [3.63, 3.8) is 0 Å². The largest absolute Gasteiger partial charge is 0.455 e. The molecular formula is C18H15NO. The average molecular weight is 261 g/mol. The number of benzene rings is 2. The Balaban J connectivity index is 1.79. The van der Waals surface area contributed by atoms with Crippen LogP contribution in [0.1, 0.15) is 11.3 Å². The van der Waals surface area contributed by atoms with E-state index < -0.39 is 0 Å². The summed E-state index contributed by atoms with van der Waals surface area (Å²) in [5.74, 6) is 1.61. The Labute approximate surface area is 118 Å². The normalized spacial score (nSPS) is 11.1. The maximum atomic E-state index is 5.77. The number of aryl methyl sites for hydroxylation is 1. The van der Waals surface area contributed by atoms with Crippen LogP contribution < -0.4 is 0 Å². The Kier molecular flexibility index (Phi) is 3.46. The first-order chi connectivity index (χ1) is 9.81. The molecule has 0 atom stereocenters. The number of rotatable bonds is 3. The molecular weight excluding hydrogens is 246 g/mol. The lowest BCUT2D eigenvalue weighted by molar-refractivity contribution is 0.575. The fourth-order valence-corrected chi connectivity index (χ4v) is 1.95. The molecule has 0 amide bonds. The van der Waals surface area contributed by atoms with Gasteiger partial charge in [0.1, 0.15) is 11.5 Å². The Morgan fingerprint density at radius 2 is 1.60 bits per heavy atom. The highest BCUT2D eigenvalue weighted by Crippen LogP contribution is 2.21. The molecule has 3 rings (SSSR count). The lowest BCUT2D eigenvalue weighted by Gasteiger charge is -1.95. The molecule has 20 heavy (non-hydrogen) atoms. The van der Waals surface area contributed by atoms with Crippen molar-refractivity contribution in [3.05, 3.63) is 78.1 Å². The Morgan fingerprint density at radius 1 is 0.850 bits per heavy atom. The van der Waals surface area contributed by atoms with Gasteiger partial charge in [0.15, 0.2) is 0 Å². The smallest absolute Gasteiger partial charge is 0.145 e. The summed E-state index contributed by atoms with van der Waals surface area (Å²) in [6, 6.07) is 22.0. The monoisotopic (exact) mass is 261 g/mol. The van der Waals surface area contributed by atoms with Gasteiger partial charge in [-0.1, -0.05) is 48.0 Å². The van der Waals surface area contributed by atoms with E-state index in [1.54, 1.807) is 6.21 Å². The van der Waals surface area contributed by atoms with Gasteiger partial charge in [0.05, 0.1) is 11.9 Å². The van der Waals surface area contributed by atoms with Crippen molar-refractivity contribution in [1.29, 1.82) is 0 Å². The van der Waals surface area contributed by atoms with Gasteiger partial charge in [-0.15, -0.1) is 0 Å². The highest BCUT2D eigenvalue weighted by atomic mass is 16.3. The van der Waals surface area contributed by atoms with Crippen molar-refractivity contribution in [1.82, 2.24) is 0 Å². The van der Waals surface area contributed by atoms with Crippen LogP contribution in [0, 0.1) is 6.92 Å². The molecule has 0 radical (unpaired) electrons.